The number of aromatic nitrogens is 2. The van der Waals surface area contributed by atoms with Gasteiger partial charge < -0.3 is 11.1 Å². The predicted molar refractivity (Wildman–Crippen MR) is 75.6 cm³/mol. The molecule has 1 aliphatic carbocycles. The molecule has 0 radical (unpaired) electrons. The molecule has 18 heavy (non-hydrogen) atoms. The third-order valence-electron chi connectivity index (χ3n) is 3.47. The molecule has 1 aromatic rings. The van der Waals surface area contributed by atoms with E-state index >= 15 is 0 Å². The molecule has 4 heteroatoms. The first-order valence-corrected chi connectivity index (χ1v) is 6.99. The predicted octanol–water partition coefficient (Wildman–Crippen LogP) is 2.92. The Kier molecular flexibility index (Phi) is 4.04. The highest BCUT2D eigenvalue weighted by molar-refractivity contribution is 5.55. The number of nitrogen functional groups attached to an aromatic ring is 1. The molecule has 0 bridgehead atoms. The summed E-state index contributed by atoms with van der Waals surface area (Å²) in [6.45, 7) is 6.33. The van der Waals surface area contributed by atoms with Gasteiger partial charge in [0.1, 0.15) is 17.5 Å². The maximum Gasteiger partial charge on any atom is 0.134 e. The maximum atomic E-state index is 5.95. The molecule has 0 aromatic carbocycles. The van der Waals surface area contributed by atoms with Crippen molar-refractivity contribution in [1.82, 2.24) is 9.97 Å². The van der Waals surface area contributed by atoms with Gasteiger partial charge in [-0.15, -0.1) is 0 Å². The molecular weight excluding hydrogens is 224 g/mol. The minimum atomic E-state index is 0.458. The Morgan fingerprint density at radius 3 is 2.72 bits per heavy atom. The Hall–Kier alpha value is -1.32. The summed E-state index contributed by atoms with van der Waals surface area (Å²) in [5.74, 6) is 3.29. The quantitative estimate of drug-likeness (QED) is 0.812. The van der Waals surface area contributed by atoms with Crippen molar-refractivity contribution in [3.8, 4) is 0 Å². The van der Waals surface area contributed by atoms with Crippen LogP contribution in [0.15, 0.2) is 0 Å². The molecule has 0 saturated heterocycles. The molecule has 0 amide bonds. The van der Waals surface area contributed by atoms with Crippen molar-refractivity contribution in [2.75, 3.05) is 11.1 Å². The summed E-state index contributed by atoms with van der Waals surface area (Å²) in [6, 6.07) is 0.458. The van der Waals surface area contributed by atoms with E-state index < -0.39 is 0 Å². The van der Waals surface area contributed by atoms with Gasteiger partial charge in [0, 0.05) is 18.0 Å². The average molecular weight is 248 g/mol. The van der Waals surface area contributed by atoms with Crippen LogP contribution in [0, 0.1) is 12.8 Å². The van der Waals surface area contributed by atoms with Crippen LogP contribution >= 0.6 is 0 Å². The minimum Gasteiger partial charge on any atom is -0.383 e. The first-order valence-electron chi connectivity index (χ1n) is 6.99. The number of anilines is 2. The Morgan fingerprint density at radius 1 is 1.39 bits per heavy atom. The van der Waals surface area contributed by atoms with Crippen molar-refractivity contribution in [1.29, 1.82) is 0 Å². The van der Waals surface area contributed by atoms with Crippen LogP contribution in [0.5, 0.6) is 0 Å². The molecule has 1 heterocycles. The fourth-order valence-corrected chi connectivity index (χ4v) is 2.20. The van der Waals surface area contributed by atoms with E-state index in [0.29, 0.717) is 11.9 Å². The van der Waals surface area contributed by atoms with Crippen LogP contribution in [0.1, 0.15) is 50.9 Å². The fraction of sp³-hybridized carbons (Fsp3) is 0.714. The van der Waals surface area contributed by atoms with Crippen LogP contribution in [0.4, 0.5) is 11.6 Å². The zero-order valence-corrected chi connectivity index (χ0v) is 11.7. The van der Waals surface area contributed by atoms with Gasteiger partial charge in [-0.25, -0.2) is 9.97 Å². The number of aryl methyl sites for hydroxylation is 1. The Labute approximate surface area is 109 Å². The van der Waals surface area contributed by atoms with Gasteiger partial charge in [-0.05, 0) is 32.6 Å². The van der Waals surface area contributed by atoms with Gasteiger partial charge in [0.05, 0.1) is 0 Å². The summed E-state index contributed by atoms with van der Waals surface area (Å²) < 4.78 is 0. The van der Waals surface area contributed by atoms with Crippen molar-refractivity contribution in [2.24, 2.45) is 5.92 Å². The topological polar surface area (TPSA) is 63.8 Å². The molecule has 100 valence electrons. The summed E-state index contributed by atoms with van der Waals surface area (Å²) in [7, 11) is 0. The van der Waals surface area contributed by atoms with E-state index in [1.165, 1.54) is 19.3 Å². The van der Waals surface area contributed by atoms with E-state index in [0.717, 1.165) is 36.0 Å². The van der Waals surface area contributed by atoms with Gasteiger partial charge in [0.15, 0.2) is 0 Å². The number of nitrogens with one attached hydrogen (secondary N) is 1. The lowest BCUT2D eigenvalue weighted by molar-refractivity contribution is 0.638. The lowest BCUT2D eigenvalue weighted by Gasteiger charge is -2.17. The summed E-state index contributed by atoms with van der Waals surface area (Å²) in [5.41, 5.74) is 6.92. The minimum absolute atomic E-state index is 0.458. The second kappa shape index (κ2) is 5.55. The van der Waals surface area contributed by atoms with Crippen LogP contribution in [-0.4, -0.2) is 16.0 Å². The highest BCUT2D eigenvalue weighted by Crippen LogP contribution is 2.34. The first-order chi connectivity index (χ1) is 8.60. The van der Waals surface area contributed by atoms with Crippen LogP contribution in [0.2, 0.25) is 0 Å². The third kappa shape index (κ3) is 3.34. The molecule has 0 spiro atoms. The van der Waals surface area contributed by atoms with Gasteiger partial charge >= 0.3 is 0 Å². The zero-order valence-electron chi connectivity index (χ0n) is 11.7. The van der Waals surface area contributed by atoms with E-state index in [-0.39, 0.29) is 0 Å². The number of hydrogen-bond donors (Lipinski definition) is 2. The number of rotatable bonds is 6. The number of nitrogens with zero attached hydrogens (tertiary/aromatic N) is 2. The van der Waals surface area contributed by atoms with E-state index in [4.69, 9.17) is 5.73 Å². The fourth-order valence-electron chi connectivity index (χ4n) is 2.20. The molecule has 1 atom stereocenters. The molecule has 4 nitrogen and oxygen atoms in total. The second-order valence-corrected chi connectivity index (χ2v) is 5.47. The maximum absolute atomic E-state index is 5.95. The lowest BCUT2D eigenvalue weighted by Crippen LogP contribution is -2.19. The van der Waals surface area contributed by atoms with E-state index in [1.807, 2.05) is 6.92 Å². The normalized spacial score (nSPS) is 16.6. The molecular formula is C14H24N4. The number of nitrogens with two attached hydrogens (primary N) is 1. The van der Waals surface area contributed by atoms with Crippen molar-refractivity contribution in [3.63, 3.8) is 0 Å². The smallest absolute Gasteiger partial charge is 0.134 e. The Morgan fingerprint density at radius 2 is 2.11 bits per heavy atom. The van der Waals surface area contributed by atoms with Crippen molar-refractivity contribution < 1.29 is 0 Å². The van der Waals surface area contributed by atoms with Gasteiger partial charge in [0.25, 0.3) is 0 Å². The molecule has 1 saturated carbocycles. The first kappa shape index (κ1) is 13.1. The zero-order chi connectivity index (χ0) is 13.1. The molecule has 3 N–H and O–H groups in total. The van der Waals surface area contributed by atoms with Gasteiger partial charge in [-0.3, -0.25) is 0 Å². The van der Waals surface area contributed by atoms with Crippen LogP contribution in [0.3, 0.4) is 0 Å². The van der Waals surface area contributed by atoms with Gasteiger partial charge in [0.2, 0.25) is 0 Å². The Bertz CT molecular complexity index is 413. The standard InChI is InChI=1S/C14H24N4/c1-4-5-12-17-13(15)10(3)14(18-12)16-9(2)8-11-6-7-11/h9,11H,4-8H2,1-3H3,(H3,15,16,17,18). The van der Waals surface area contributed by atoms with Crippen molar-refractivity contribution in [2.45, 2.75) is 58.9 Å². The molecule has 2 rings (SSSR count). The molecule has 1 fully saturated rings. The highest BCUT2D eigenvalue weighted by atomic mass is 15.1. The van der Waals surface area contributed by atoms with Crippen LogP contribution in [0.25, 0.3) is 0 Å². The lowest BCUT2D eigenvalue weighted by atomic mass is 10.1. The SMILES string of the molecule is CCCc1nc(N)c(C)c(NC(C)CC2CC2)n1. The second-order valence-electron chi connectivity index (χ2n) is 5.47. The summed E-state index contributed by atoms with van der Waals surface area (Å²) in [6.07, 6.45) is 5.93. The Balaban J connectivity index is 2.08. The third-order valence-corrected chi connectivity index (χ3v) is 3.47. The van der Waals surface area contributed by atoms with Crippen LogP contribution in [-0.2, 0) is 6.42 Å². The largest absolute Gasteiger partial charge is 0.383 e. The molecule has 0 aliphatic heterocycles. The monoisotopic (exact) mass is 248 g/mol. The number of hydrogen-bond acceptors (Lipinski definition) is 4. The summed E-state index contributed by atoms with van der Waals surface area (Å²) in [5, 5.41) is 3.49. The molecule has 1 aromatic heterocycles. The van der Waals surface area contributed by atoms with Crippen LogP contribution < -0.4 is 11.1 Å². The highest BCUT2D eigenvalue weighted by Gasteiger charge is 2.24. The van der Waals surface area contributed by atoms with E-state index in [2.05, 4.69) is 29.1 Å². The summed E-state index contributed by atoms with van der Waals surface area (Å²) >= 11 is 0. The average Bonchev–Trinajstić information content (AvgIpc) is 3.09. The van der Waals surface area contributed by atoms with Crippen molar-refractivity contribution in [3.05, 3.63) is 11.4 Å². The summed E-state index contributed by atoms with van der Waals surface area (Å²) in [4.78, 5) is 8.92. The molecule has 1 aliphatic rings. The van der Waals surface area contributed by atoms with Gasteiger partial charge in [-0.2, -0.15) is 0 Å². The van der Waals surface area contributed by atoms with Crippen molar-refractivity contribution >= 4 is 11.6 Å². The van der Waals surface area contributed by atoms with E-state index in [1.54, 1.807) is 0 Å². The van der Waals surface area contributed by atoms with E-state index in [9.17, 15) is 0 Å². The van der Waals surface area contributed by atoms with Gasteiger partial charge in [-0.1, -0.05) is 19.8 Å². The molecule has 1 unspecified atom stereocenters.